The molecule has 4 N–H and O–H groups in total. The molecule has 0 aliphatic rings. The smallest absolute Gasteiger partial charge is 0.239 e. The van der Waals surface area contributed by atoms with Gasteiger partial charge in [0, 0.05) is 4.88 Å². The highest BCUT2D eigenvalue weighted by Gasteiger charge is 2.13. The van der Waals surface area contributed by atoms with Crippen molar-refractivity contribution in [1.29, 1.82) is 0 Å². The van der Waals surface area contributed by atoms with Crippen molar-refractivity contribution in [3.8, 4) is 0 Å². The van der Waals surface area contributed by atoms with Crippen molar-refractivity contribution in [2.75, 3.05) is 13.1 Å². The third kappa shape index (κ3) is 4.54. The molecule has 0 radical (unpaired) electrons. The second-order valence-corrected chi connectivity index (χ2v) is 4.50. The number of nitrogens with two attached hydrogens (primary N) is 1. The van der Waals surface area contributed by atoms with Gasteiger partial charge < -0.3 is 16.4 Å². The molecule has 17 heavy (non-hydrogen) atoms. The first-order valence-corrected chi connectivity index (χ1v) is 6.34. The maximum absolute atomic E-state index is 11.6. The van der Waals surface area contributed by atoms with Gasteiger partial charge in [-0.1, -0.05) is 13.0 Å². The van der Waals surface area contributed by atoms with Crippen LogP contribution in [0.15, 0.2) is 17.5 Å². The van der Waals surface area contributed by atoms with E-state index in [-0.39, 0.29) is 30.9 Å². The Balaban J connectivity index is 2.41. The zero-order valence-electron chi connectivity index (χ0n) is 9.73. The minimum absolute atomic E-state index is 0.0114. The minimum Gasteiger partial charge on any atom is -0.347 e. The molecule has 0 saturated carbocycles. The van der Waals surface area contributed by atoms with Gasteiger partial charge in [0.1, 0.15) is 0 Å². The summed E-state index contributed by atoms with van der Waals surface area (Å²) < 4.78 is 0. The number of carbonyl (C=O) groups is 2. The third-order valence-corrected chi connectivity index (χ3v) is 3.25. The van der Waals surface area contributed by atoms with Crippen LogP contribution in [0.4, 0.5) is 0 Å². The van der Waals surface area contributed by atoms with Crippen LogP contribution in [0.2, 0.25) is 0 Å². The van der Waals surface area contributed by atoms with Gasteiger partial charge in [0.15, 0.2) is 0 Å². The van der Waals surface area contributed by atoms with E-state index in [1.54, 1.807) is 11.3 Å². The standard InChI is InChI=1S/C11H17N3O2S/c1-2-8(9-4-3-5-17-9)14-11(16)7-13-10(15)6-12/h3-5,8H,2,6-7,12H2,1H3,(H,13,15)(H,14,16). The summed E-state index contributed by atoms with van der Waals surface area (Å²) in [4.78, 5) is 23.6. The van der Waals surface area contributed by atoms with Crippen molar-refractivity contribution < 1.29 is 9.59 Å². The van der Waals surface area contributed by atoms with E-state index in [4.69, 9.17) is 5.73 Å². The summed E-state index contributed by atoms with van der Waals surface area (Å²) in [6, 6.07) is 3.94. The lowest BCUT2D eigenvalue weighted by atomic mass is 10.2. The fourth-order valence-electron chi connectivity index (χ4n) is 1.36. The quantitative estimate of drug-likeness (QED) is 0.687. The van der Waals surface area contributed by atoms with Gasteiger partial charge in [-0.15, -0.1) is 11.3 Å². The van der Waals surface area contributed by atoms with Crippen LogP contribution in [0.5, 0.6) is 0 Å². The second-order valence-electron chi connectivity index (χ2n) is 3.52. The minimum atomic E-state index is -0.329. The molecular weight excluding hydrogens is 238 g/mol. The number of rotatable bonds is 6. The molecule has 2 amide bonds. The summed E-state index contributed by atoms with van der Waals surface area (Å²) in [6.45, 7) is 1.87. The van der Waals surface area contributed by atoms with Gasteiger partial charge in [-0.05, 0) is 17.9 Å². The first-order chi connectivity index (χ1) is 8.17. The number of hydrogen-bond donors (Lipinski definition) is 3. The molecule has 0 fully saturated rings. The lowest BCUT2D eigenvalue weighted by Gasteiger charge is -2.15. The molecule has 1 unspecified atom stereocenters. The zero-order valence-corrected chi connectivity index (χ0v) is 10.5. The molecule has 6 heteroatoms. The van der Waals surface area contributed by atoms with Crippen LogP contribution in [0.3, 0.4) is 0 Å². The third-order valence-electron chi connectivity index (χ3n) is 2.26. The van der Waals surface area contributed by atoms with E-state index in [9.17, 15) is 9.59 Å². The van der Waals surface area contributed by atoms with Crippen LogP contribution >= 0.6 is 11.3 Å². The average Bonchev–Trinajstić information content (AvgIpc) is 2.86. The van der Waals surface area contributed by atoms with E-state index >= 15 is 0 Å². The number of thiophene rings is 1. The Labute approximate surface area is 104 Å². The van der Waals surface area contributed by atoms with E-state index in [1.807, 2.05) is 24.4 Å². The SMILES string of the molecule is CCC(NC(=O)CNC(=O)CN)c1cccs1. The van der Waals surface area contributed by atoms with Crippen molar-refractivity contribution >= 4 is 23.2 Å². The normalized spacial score (nSPS) is 11.9. The van der Waals surface area contributed by atoms with Crippen LogP contribution < -0.4 is 16.4 Å². The lowest BCUT2D eigenvalue weighted by molar-refractivity contribution is -0.125. The summed E-state index contributed by atoms with van der Waals surface area (Å²) in [7, 11) is 0. The zero-order chi connectivity index (χ0) is 12.7. The molecule has 5 nitrogen and oxygen atoms in total. The predicted molar refractivity (Wildman–Crippen MR) is 67.6 cm³/mol. The molecule has 94 valence electrons. The van der Waals surface area contributed by atoms with Crippen LogP contribution in [-0.2, 0) is 9.59 Å². The van der Waals surface area contributed by atoms with Crippen molar-refractivity contribution in [3.05, 3.63) is 22.4 Å². The molecule has 1 aromatic heterocycles. The summed E-state index contributed by atoms with van der Waals surface area (Å²) in [5.74, 6) is -0.531. The number of hydrogen-bond acceptors (Lipinski definition) is 4. The first-order valence-electron chi connectivity index (χ1n) is 5.47. The molecule has 1 heterocycles. The molecule has 0 aliphatic carbocycles. The maximum Gasteiger partial charge on any atom is 0.239 e. The summed E-state index contributed by atoms with van der Waals surface area (Å²) >= 11 is 1.60. The molecule has 1 rings (SSSR count). The highest BCUT2D eigenvalue weighted by Crippen LogP contribution is 2.21. The van der Waals surface area contributed by atoms with Gasteiger partial charge in [0.05, 0.1) is 19.1 Å². The van der Waals surface area contributed by atoms with Gasteiger partial charge in [-0.2, -0.15) is 0 Å². The highest BCUT2D eigenvalue weighted by atomic mass is 32.1. The van der Waals surface area contributed by atoms with E-state index in [1.165, 1.54) is 0 Å². The molecule has 0 bridgehead atoms. The Kier molecular flexibility index (Phi) is 5.65. The summed E-state index contributed by atoms with van der Waals surface area (Å²) in [5, 5.41) is 7.27. The Hall–Kier alpha value is -1.40. The Morgan fingerprint density at radius 3 is 2.76 bits per heavy atom. The lowest BCUT2D eigenvalue weighted by Crippen LogP contribution is -2.40. The Bertz CT molecular complexity index is 365. The summed E-state index contributed by atoms with van der Waals surface area (Å²) in [5.41, 5.74) is 5.12. The van der Waals surface area contributed by atoms with Crippen molar-refractivity contribution in [2.45, 2.75) is 19.4 Å². The molecular formula is C11H17N3O2S. The highest BCUT2D eigenvalue weighted by molar-refractivity contribution is 7.10. The first kappa shape index (κ1) is 13.7. The second kappa shape index (κ2) is 7.03. The largest absolute Gasteiger partial charge is 0.347 e. The van der Waals surface area contributed by atoms with Gasteiger partial charge in [-0.3, -0.25) is 9.59 Å². The van der Waals surface area contributed by atoms with Crippen LogP contribution in [0, 0.1) is 0 Å². The predicted octanol–water partition coefficient (Wildman–Crippen LogP) is 0.390. The van der Waals surface area contributed by atoms with E-state index < -0.39 is 0 Å². The fourth-order valence-corrected chi connectivity index (χ4v) is 2.22. The van der Waals surface area contributed by atoms with Crippen LogP contribution in [-0.4, -0.2) is 24.9 Å². The number of nitrogens with one attached hydrogen (secondary N) is 2. The van der Waals surface area contributed by atoms with E-state index in [0.717, 1.165) is 11.3 Å². The summed E-state index contributed by atoms with van der Waals surface area (Å²) in [6.07, 6.45) is 0.817. The molecule has 0 aliphatic heterocycles. The van der Waals surface area contributed by atoms with Crippen molar-refractivity contribution in [3.63, 3.8) is 0 Å². The van der Waals surface area contributed by atoms with Crippen LogP contribution in [0.25, 0.3) is 0 Å². The van der Waals surface area contributed by atoms with Gasteiger partial charge >= 0.3 is 0 Å². The topological polar surface area (TPSA) is 84.2 Å². The van der Waals surface area contributed by atoms with Gasteiger partial charge in [0.2, 0.25) is 11.8 Å². The van der Waals surface area contributed by atoms with Crippen molar-refractivity contribution in [2.24, 2.45) is 5.73 Å². The molecule has 0 spiro atoms. The van der Waals surface area contributed by atoms with Gasteiger partial charge in [0.25, 0.3) is 0 Å². The molecule has 0 saturated heterocycles. The maximum atomic E-state index is 11.6. The fraction of sp³-hybridized carbons (Fsp3) is 0.455. The van der Waals surface area contributed by atoms with E-state index in [2.05, 4.69) is 10.6 Å². The van der Waals surface area contributed by atoms with E-state index in [0.29, 0.717) is 0 Å². The number of amides is 2. The van der Waals surface area contributed by atoms with Gasteiger partial charge in [-0.25, -0.2) is 0 Å². The number of carbonyl (C=O) groups excluding carboxylic acids is 2. The average molecular weight is 255 g/mol. The molecule has 1 atom stereocenters. The molecule has 1 aromatic rings. The Morgan fingerprint density at radius 2 is 2.24 bits per heavy atom. The van der Waals surface area contributed by atoms with Crippen molar-refractivity contribution in [1.82, 2.24) is 10.6 Å². The Morgan fingerprint density at radius 1 is 1.47 bits per heavy atom. The molecule has 0 aromatic carbocycles. The monoisotopic (exact) mass is 255 g/mol. The van der Waals surface area contributed by atoms with Crippen LogP contribution in [0.1, 0.15) is 24.3 Å².